The summed E-state index contributed by atoms with van der Waals surface area (Å²) in [5, 5.41) is 26.7. The minimum atomic E-state index is -5.05. The molecule has 17 nitrogen and oxygen atoms in total. The van der Waals surface area contributed by atoms with Gasteiger partial charge in [0.2, 0.25) is 0 Å². The fourth-order valence-corrected chi connectivity index (χ4v) is 5.52. The van der Waals surface area contributed by atoms with Gasteiger partial charge >= 0.3 is 5.69 Å². The zero-order valence-corrected chi connectivity index (χ0v) is 24.1. The molecule has 0 radical (unpaired) electrons. The first-order chi connectivity index (χ1) is 20.7. The Morgan fingerprint density at radius 3 is 1.91 bits per heavy atom. The number of nitrogens with zero attached hydrogens (tertiary/aromatic N) is 4. The minimum absolute atomic E-state index is 0.0170. The third-order valence-electron chi connectivity index (χ3n) is 6.25. The molecule has 7 N–H and O–H groups in total. The van der Waals surface area contributed by atoms with Gasteiger partial charge in [-0.1, -0.05) is 0 Å². The van der Waals surface area contributed by atoms with Gasteiger partial charge in [-0.25, -0.2) is 4.79 Å². The molecule has 0 aliphatic carbocycles. The Bertz CT molecular complexity index is 2310. The van der Waals surface area contributed by atoms with Crippen molar-refractivity contribution >= 4 is 70.5 Å². The maximum atomic E-state index is 12.2. The zero-order chi connectivity index (χ0) is 32.0. The predicted molar refractivity (Wildman–Crippen MR) is 156 cm³/mol. The Hall–Kier alpha value is -5.37. The first kappa shape index (κ1) is 30.1. The predicted octanol–water partition coefficient (Wildman–Crippen LogP) is 4.64. The van der Waals surface area contributed by atoms with E-state index in [0.29, 0.717) is 16.7 Å². The maximum absolute atomic E-state index is 12.2. The van der Waals surface area contributed by atoms with Gasteiger partial charge in [-0.2, -0.15) is 21.9 Å². The number of rotatable bonds is 8. The lowest BCUT2D eigenvalue weighted by Gasteiger charge is -2.12. The van der Waals surface area contributed by atoms with Gasteiger partial charge in [0, 0.05) is 17.5 Å². The second-order valence-corrected chi connectivity index (χ2v) is 11.8. The van der Waals surface area contributed by atoms with Gasteiger partial charge in [-0.3, -0.25) is 9.11 Å². The largest absolute Gasteiger partial charge is 0.505 e. The van der Waals surface area contributed by atoms with Crippen molar-refractivity contribution in [2.45, 2.75) is 9.79 Å². The van der Waals surface area contributed by atoms with Crippen LogP contribution in [0, 0.1) is 0 Å². The van der Waals surface area contributed by atoms with Crippen LogP contribution in [0.5, 0.6) is 17.2 Å². The summed E-state index contributed by atoms with van der Waals surface area (Å²) >= 11 is 0. The highest BCUT2D eigenvalue weighted by Gasteiger charge is 2.25. The van der Waals surface area contributed by atoms with E-state index in [1.165, 1.54) is 26.4 Å². The number of anilines is 1. The normalized spacial score (nSPS) is 12.5. The number of H-pyrrole nitrogens is 2. The standard InChI is InChI=1S/C25H21N7O10S2/c1-41-19-10-18(20(42-2)9-17(19)30-29-12-3-4-15-16(7-12)28-25(34)27-15)31-32-23-22(44(38,39)40)6-11-5-21(43(35,36)37)14(26)8-13(11)24(23)33/h3-10,33H,26H2,1-2H3,(H2,27,28,34)(H,35,36,37)(H,38,39,40)/b30-29+,32-31+. The molecule has 0 amide bonds. The molecular weight excluding hydrogens is 622 g/mol. The fraction of sp³-hybridized carbons (Fsp3) is 0.0800. The molecule has 0 aliphatic rings. The van der Waals surface area contributed by atoms with E-state index >= 15 is 0 Å². The molecule has 5 aromatic rings. The van der Waals surface area contributed by atoms with E-state index in [1.54, 1.807) is 18.2 Å². The van der Waals surface area contributed by atoms with E-state index in [4.69, 9.17) is 15.2 Å². The Morgan fingerprint density at radius 1 is 0.750 bits per heavy atom. The van der Waals surface area contributed by atoms with Crippen molar-refractivity contribution in [3.05, 3.63) is 59.0 Å². The van der Waals surface area contributed by atoms with E-state index in [1.807, 2.05) is 0 Å². The number of ether oxygens (including phenoxy) is 2. The second kappa shape index (κ2) is 11.0. The minimum Gasteiger partial charge on any atom is -0.505 e. The van der Waals surface area contributed by atoms with Crippen molar-refractivity contribution in [1.29, 1.82) is 0 Å². The summed E-state index contributed by atoms with van der Waals surface area (Å²) < 4.78 is 77.7. The number of hydrogen-bond donors (Lipinski definition) is 6. The van der Waals surface area contributed by atoms with Gasteiger partial charge in [0.05, 0.1) is 36.6 Å². The number of methoxy groups -OCH3 is 2. The lowest BCUT2D eigenvalue weighted by Crippen LogP contribution is -2.04. The Morgan fingerprint density at radius 2 is 1.32 bits per heavy atom. The van der Waals surface area contributed by atoms with Gasteiger partial charge < -0.3 is 30.3 Å². The molecule has 1 heterocycles. The third kappa shape index (κ3) is 5.79. The number of aromatic nitrogens is 2. The molecule has 44 heavy (non-hydrogen) atoms. The molecule has 0 saturated carbocycles. The summed E-state index contributed by atoms with van der Waals surface area (Å²) in [4.78, 5) is 15.1. The average Bonchev–Trinajstić information content (AvgIpc) is 3.33. The second-order valence-electron chi connectivity index (χ2n) is 9.04. The molecule has 1 aromatic heterocycles. The van der Waals surface area contributed by atoms with Crippen LogP contribution in [0.25, 0.3) is 21.8 Å². The number of aromatic hydroxyl groups is 1. The lowest BCUT2D eigenvalue weighted by molar-refractivity contribution is 0.405. The van der Waals surface area contributed by atoms with E-state index < -0.39 is 47.2 Å². The highest BCUT2D eigenvalue weighted by molar-refractivity contribution is 7.86. The molecule has 4 aromatic carbocycles. The molecule has 5 rings (SSSR count). The van der Waals surface area contributed by atoms with Crippen molar-refractivity contribution in [2.75, 3.05) is 20.0 Å². The highest BCUT2D eigenvalue weighted by atomic mass is 32.2. The molecule has 0 atom stereocenters. The number of fused-ring (bicyclic) bond motifs is 2. The quantitative estimate of drug-likeness (QED) is 0.0769. The Balaban J connectivity index is 1.59. The first-order valence-electron chi connectivity index (χ1n) is 12.1. The summed E-state index contributed by atoms with van der Waals surface area (Å²) in [7, 11) is -7.20. The Labute approximate surface area is 247 Å². The van der Waals surface area contributed by atoms with Crippen molar-refractivity contribution in [2.24, 2.45) is 20.5 Å². The molecule has 0 saturated heterocycles. The highest BCUT2D eigenvalue weighted by Crippen LogP contribution is 2.45. The molecule has 0 aliphatic heterocycles. The van der Waals surface area contributed by atoms with Gasteiger partial charge in [-0.05, 0) is 41.8 Å². The number of imidazole rings is 1. The molecule has 0 unspecified atom stereocenters. The number of benzene rings is 4. The summed E-state index contributed by atoms with van der Waals surface area (Å²) in [6.45, 7) is 0. The van der Waals surface area contributed by atoms with Gasteiger partial charge in [0.1, 0.15) is 38.4 Å². The number of nitrogen functional groups attached to an aromatic ring is 1. The average molecular weight is 644 g/mol. The van der Waals surface area contributed by atoms with Crippen LogP contribution < -0.4 is 20.9 Å². The number of phenols is 1. The van der Waals surface area contributed by atoms with Crippen LogP contribution in [-0.4, -0.2) is 55.2 Å². The van der Waals surface area contributed by atoms with Gasteiger partial charge in [-0.15, -0.1) is 15.3 Å². The molecular formula is C25H21N7O10S2. The van der Waals surface area contributed by atoms with Crippen LogP contribution in [0.2, 0.25) is 0 Å². The number of hydrogen-bond acceptors (Lipinski definition) is 13. The van der Waals surface area contributed by atoms with Gasteiger partial charge in [0.25, 0.3) is 20.2 Å². The third-order valence-corrected chi connectivity index (χ3v) is 8.02. The fourth-order valence-electron chi connectivity index (χ4n) is 4.23. The molecule has 0 spiro atoms. The SMILES string of the molecule is COc1cc(/N=N/c2c(S(=O)(=O)O)cc3cc(S(=O)(=O)O)c(N)cc3c2O)c(OC)cc1/N=N/c1ccc2[nH]c(=O)[nH]c2c1. The molecule has 19 heteroatoms. The van der Waals surface area contributed by atoms with Crippen LogP contribution in [0.1, 0.15) is 0 Å². The van der Waals surface area contributed by atoms with Crippen molar-refractivity contribution in [3.8, 4) is 17.2 Å². The number of nitrogens with two attached hydrogens (primary N) is 1. The molecule has 0 fully saturated rings. The van der Waals surface area contributed by atoms with E-state index in [2.05, 4.69) is 30.4 Å². The van der Waals surface area contributed by atoms with Crippen molar-refractivity contribution in [3.63, 3.8) is 0 Å². The van der Waals surface area contributed by atoms with Crippen molar-refractivity contribution in [1.82, 2.24) is 9.97 Å². The van der Waals surface area contributed by atoms with E-state index in [9.17, 15) is 35.8 Å². The summed E-state index contributed by atoms with van der Waals surface area (Å²) in [5.41, 5.74) is 5.89. The van der Waals surface area contributed by atoms with Crippen LogP contribution in [0.15, 0.2) is 83.6 Å². The lowest BCUT2D eigenvalue weighted by atomic mass is 10.1. The van der Waals surface area contributed by atoms with Gasteiger partial charge in [0.15, 0.2) is 5.75 Å². The van der Waals surface area contributed by atoms with Crippen LogP contribution in [0.4, 0.5) is 28.4 Å². The smallest absolute Gasteiger partial charge is 0.323 e. The summed E-state index contributed by atoms with van der Waals surface area (Å²) in [5.74, 6) is -0.600. The number of azo groups is 2. The van der Waals surface area contributed by atoms with Crippen LogP contribution >= 0.6 is 0 Å². The summed E-state index contributed by atoms with van der Waals surface area (Å²) in [6.07, 6.45) is 0. The van der Waals surface area contributed by atoms with E-state index in [0.717, 1.165) is 18.2 Å². The summed E-state index contributed by atoms with van der Waals surface area (Å²) in [6, 6.07) is 10.2. The number of phenolic OH excluding ortho intramolecular Hbond substituents is 1. The number of nitrogens with one attached hydrogen (secondary N) is 2. The van der Waals surface area contributed by atoms with E-state index in [-0.39, 0.29) is 39.3 Å². The van der Waals surface area contributed by atoms with Crippen molar-refractivity contribution < 1.29 is 40.5 Å². The van der Waals surface area contributed by atoms with Crippen LogP contribution in [-0.2, 0) is 20.2 Å². The monoisotopic (exact) mass is 643 g/mol. The molecule has 0 bridgehead atoms. The van der Waals surface area contributed by atoms with Crippen LogP contribution in [0.3, 0.4) is 0 Å². The topological polar surface area (TPSA) is 272 Å². The Kier molecular flexibility index (Phi) is 7.55. The molecule has 228 valence electrons. The number of aromatic amines is 2. The first-order valence-corrected chi connectivity index (χ1v) is 14.9. The zero-order valence-electron chi connectivity index (χ0n) is 22.5. The maximum Gasteiger partial charge on any atom is 0.323 e.